The van der Waals surface area contributed by atoms with Crippen LogP contribution in [0.3, 0.4) is 0 Å². The van der Waals surface area contributed by atoms with Crippen molar-refractivity contribution in [3.8, 4) is 0 Å². The molecule has 0 bridgehead atoms. The summed E-state index contributed by atoms with van der Waals surface area (Å²) in [6, 6.07) is 14.6. The number of pyridine rings is 1. The zero-order valence-electron chi connectivity index (χ0n) is 20.5. The van der Waals surface area contributed by atoms with Crippen LogP contribution in [-0.4, -0.2) is 57.7 Å². The second-order valence-electron chi connectivity index (χ2n) is 9.53. The number of nitrogens with zero attached hydrogens (tertiary/aromatic N) is 3. The lowest BCUT2D eigenvalue weighted by Gasteiger charge is -2.24. The van der Waals surface area contributed by atoms with Crippen LogP contribution >= 0.6 is 0 Å². The van der Waals surface area contributed by atoms with Crippen LogP contribution in [0.25, 0.3) is 5.52 Å². The number of amides is 2. The summed E-state index contributed by atoms with van der Waals surface area (Å²) in [5, 5.41) is 2.95. The molecule has 10 heteroatoms. The lowest BCUT2D eigenvalue weighted by molar-refractivity contribution is -0.126. The van der Waals surface area contributed by atoms with Gasteiger partial charge in [0.05, 0.1) is 42.7 Å². The zero-order chi connectivity index (χ0) is 25.7. The molecule has 0 aliphatic carbocycles. The van der Waals surface area contributed by atoms with E-state index >= 15 is 0 Å². The highest BCUT2D eigenvalue weighted by atomic mass is 19.1. The molecule has 2 amide bonds. The third kappa shape index (κ3) is 6.19. The van der Waals surface area contributed by atoms with Gasteiger partial charge in [-0.25, -0.2) is 14.2 Å². The van der Waals surface area contributed by atoms with E-state index in [-0.39, 0.29) is 25.7 Å². The lowest BCUT2D eigenvalue weighted by atomic mass is 10.1. The number of aromatic nitrogens is 2. The van der Waals surface area contributed by atoms with Crippen LogP contribution in [0.4, 0.5) is 9.18 Å². The van der Waals surface area contributed by atoms with Gasteiger partial charge in [-0.05, 0) is 38.0 Å². The van der Waals surface area contributed by atoms with Gasteiger partial charge in [-0.2, -0.15) is 0 Å². The normalized spacial score (nSPS) is 16.8. The first kappa shape index (κ1) is 25.6. The Balaban J connectivity index is 1.55. The van der Waals surface area contributed by atoms with E-state index < -0.39 is 23.8 Å². The second kappa shape index (κ2) is 11.0. The smallest absolute Gasteiger partial charge is 0.410 e. The highest BCUT2D eigenvalue weighted by molar-refractivity contribution is 5.85. The van der Waals surface area contributed by atoms with Crippen molar-refractivity contribution in [3.05, 3.63) is 71.8 Å². The minimum absolute atomic E-state index is 0.0408. The fourth-order valence-corrected chi connectivity index (χ4v) is 4.01. The molecule has 0 spiro atoms. The zero-order valence-corrected chi connectivity index (χ0v) is 20.5. The summed E-state index contributed by atoms with van der Waals surface area (Å²) in [6.07, 6.45) is 0.416. The van der Waals surface area contributed by atoms with Gasteiger partial charge in [-0.1, -0.05) is 36.4 Å². The Labute approximate surface area is 209 Å². The van der Waals surface area contributed by atoms with E-state index in [9.17, 15) is 14.0 Å². The van der Waals surface area contributed by atoms with Gasteiger partial charge in [0.2, 0.25) is 5.91 Å². The number of carbonyl (C=O) groups is 2. The Morgan fingerprint density at radius 3 is 2.67 bits per heavy atom. The number of alkyl halides is 1. The largest absolute Gasteiger partial charge is 0.443 e. The van der Waals surface area contributed by atoms with Gasteiger partial charge in [-0.15, -0.1) is 0 Å². The Bertz CT molecular complexity index is 1190. The summed E-state index contributed by atoms with van der Waals surface area (Å²) >= 11 is 0. The van der Waals surface area contributed by atoms with Crippen LogP contribution in [0, 0.1) is 0 Å². The van der Waals surface area contributed by atoms with E-state index in [2.05, 4.69) is 10.3 Å². The first-order valence-corrected chi connectivity index (χ1v) is 11.9. The van der Waals surface area contributed by atoms with E-state index in [0.717, 1.165) is 11.1 Å². The molecule has 1 saturated heterocycles. The van der Waals surface area contributed by atoms with Gasteiger partial charge in [0.25, 0.3) is 0 Å². The standard InChI is InChI=1S/C26H32FN5O4/c1-26(2,28)24(33)30-22(17-35-15-18-7-4-3-5-8-18)23-29-13-20-9-6-10-21(32(20)23)16-36-25(34)31-12-11-19(27)14-31/h3-10,13,19,22H,11-12,14-17,28H2,1-2H3,(H,30,33)/t19-,22-/m1/s1. The summed E-state index contributed by atoms with van der Waals surface area (Å²) < 4.78 is 26.7. The number of hydrogen-bond acceptors (Lipinski definition) is 6. The molecule has 1 fully saturated rings. The van der Waals surface area contributed by atoms with E-state index in [0.29, 0.717) is 31.1 Å². The average molecular weight is 498 g/mol. The Kier molecular flexibility index (Phi) is 7.85. The number of ether oxygens (including phenoxy) is 2. The minimum Gasteiger partial charge on any atom is -0.443 e. The van der Waals surface area contributed by atoms with E-state index in [4.69, 9.17) is 15.2 Å². The van der Waals surface area contributed by atoms with Crippen molar-refractivity contribution in [1.29, 1.82) is 0 Å². The molecular weight excluding hydrogens is 465 g/mol. The number of imidazole rings is 1. The highest BCUT2D eigenvalue weighted by Crippen LogP contribution is 2.21. The molecule has 9 nitrogen and oxygen atoms in total. The van der Waals surface area contributed by atoms with Gasteiger partial charge in [0.15, 0.2) is 0 Å². The summed E-state index contributed by atoms with van der Waals surface area (Å²) in [5.41, 5.74) is 7.33. The van der Waals surface area contributed by atoms with Crippen molar-refractivity contribution in [2.45, 2.75) is 51.2 Å². The number of rotatable bonds is 9. The Morgan fingerprint density at radius 2 is 1.97 bits per heavy atom. The van der Waals surface area contributed by atoms with Crippen molar-refractivity contribution in [3.63, 3.8) is 0 Å². The van der Waals surface area contributed by atoms with Crippen LogP contribution in [0.5, 0.6) is 0 Å². The van der Waals surface area contributed by atoms with Crippen molar-refractivity contribution in [2.24, 2.45) is 5.73 Å². The lowest BCUT2D eigenvalue weighted by Crippen LogP contribution is -2.51. The summed E-state index contributed by atoms with van der Waals surface area (Å²) in [6.45, 7) is 4.09. The van der Waals surface area contributed by atoms with Gasteiger partial charge in [0.1, 0.15) is 24.6 Å². The maximum absolute atomic E-state index is 13.5. The molecule has 0 unspecified atom stereocenters. The van der Waals surface area contributed by atoms with E-state index in [1.165, 1.54) is 4.90 Å². The number of carbonyl (C=O) groups excluding carboxylic acids is 2. The average Bonchev–Trinajstić information content (AvgIpc) is 3.48. The molecule has 0 saturated carbocycles. The summed E-state index contributed by atoms with van der Waals surface area (Å²) in [4.78, 5) is 31.1. The molecule has 0 radical (unpaired) electrons. The van der Waals surface area contributed by atoms with Crippen molar-refractivity contribution in [1.82, 2.24) is 19.6 Å². The van der Waals surface area contributed by atoms with Gasteiger partial charge >= 0.3 is 6.09 Å². The van der Waals surface area contributed by atoms with Crippen LogP contribution < -0.4 is 11.1 Å². The predicted molar refractivity (Wildman–Crippen MR) is 132 cm³/mol. The van der Waals surface area contributed by atoms with Crippen molar-refractivity contribution >= 4 is 17.5 Å². The van der Waals surface area contributed by atoms with Crippen LogP contribution in [0.1, 0.15) is 43.4 Å². The van der Waals surface area contributed by atoms with E-state index in [1.807, 2.05) is 52.9 Å². The van der Waals surface area contributed by atoms with Crippen LogP contribution in [-0.2, 0) is 27.5 Å². The molecule has 192 valence electrons. The number of likely N-dealkylation sites (tertiary alicyclic amines) is 1. The number of halogens is 1. The monoisotopic (exact) mass is 497 g/mol. The summed E-state index contributed by atoms with van der Waals surface area (Å²) in [5.74, 6) is 0.165. The predicted octanol–water partition coefficient (Wildman–Crippen LogP) is 3.13. The maximum Gasteiger partial charge on any atom is 0.410 e. The SMILES string of the molecule is CC(C)(N)C(=O)N[C@H](COCc1ccccc1)c1ncc2cccc(COC(=O)N3CC[C@@H](F)C3)n12. The topological polar surface area (TPSA) is 111 Å². The Morgan fingerprint density at radius 1 is 1.19 bits per heavy atom. The highest BCUT2D eigenvalue weighted by Gasteiger charge is 2.29. The van der Waals surface area contributed by atoms with Gasteiger partial charge in [-0.3, -0.25) is 9.20 Å². The number of fused-ring (bicyclic) bond motifs is 1. The van der Waals surface area contributed by atoms with Crippen LogP contribution in [0.15, 0.2) is 54.7 Å². The quantitative estimate of drug-likeness (QED) is 0.470. The molecule has 2 atom stereocenters. The van der Waals surface area contributed by atoms with Gasteiger partial charge in [0, 0.05) is 6.54 Å². The third-order valence-corrected chi connectivity index (χ3v) is 5.99. The Hall–Kier alpha value is -3.50. The molecule has 1 aliphatic rings. The first-order chi connectivity index (χ1) is 17.2. The molecule has 1 aromatic carbocycles. The van der Waals surface area contributed by atoms with Crippen molar-refractivity contribution < 1.29 is 23.5 Å². The van der Waals surface area contributed by atoms with Crippen molar-refractivity contribution in [2.75, 3.05) is 19.7 Å². The minimum atomic E-state index is -1.10. The fourth-order valence-electron chi connectivity index (χ4n) is 4.01. The molecular formula is C26H32FN5O4. The molecule has 1 aliphatic heterocycles. The third-order valence-electron chi connectivity index (χ3n) is 5.99. The number of benzene rings is 1. The molecule has 3 aromatic rings. The molecule has 4 rings (SSSR count). The van der Waals surface area contributed by atoms with E-state index in [1.54, 1.807) is 20.0 Å². The number of hydrogen-bond donors (Lipinski definition) is 2. The number of nitrogens with one attached hydrogen (secondary N) is 1. The second-order valence-corrected chi connectivity index (χ2v) is 9.53. The molecule has 36 heavy (non-hydrogen) atoms. The van der Waals surface area contributed by atoms with Crippen LogP contribution in [0.2, 0.25) is 0 Å². The molecule has 3 heterocycles. The first-order valence-electron chi connectivity index (χ1n) is 11.9. The fraction of sp³-hybridized carbons (Fsp3) is 0.423. The molecule has 3 N–H and O–H groups in total. The number of nitrogens with two attached hydrogens (primary N) is 1. The van der Waals surface area contributed by atoms with Gasteiger partial charge < -0.3 is 25.4 Å². The maximum atomic E-state index is 13.5. The molecule has 2 aromatic heterocycles. The summed E-state index contributed by atoms with van der Waals surface area (Å²) in [7, 11) is 0.